The quantitative estimate of drug-likeness (QED) is 0.723. The van der Waals surface area contributed by atoms with Crippen LogP contribution in [-0.2, 0) is 4.79 Å². The number of carbonyl (C=O) groups excluding carboxylic acids is 2. The van der Waals surface area contributed by atoms with Gasteiger partial charge >= 0.3 is 0 Å². The van der Waals surface area contributed by atoms with Gasteiger partial charge in [-0.15, -0.1) is 0 Å². The highest BCUT2D eigenvalue weighted by molar-refractivity contribution is 5.98. The first-order chi connectivity index (χ1) is 12.0. The van der Waals surface area contributed by atoms with Crippen LogP contribution in [0.3, 0.4) is 0 Å². The molecule has 4 nitrogen and oxygen atoms in total. The molecule has 0 spiro atoms. The van der Waals surface area contributed by atoms with Crippen molar-refractivity contribution in [3.63, 3.8) is 0 Å². The van der Waals surface area contributed by atoms with Gasteiger partial charge in [0.25, 0.3) is 0 Å². The SMILES string of the molecule is Cc1ccc(C(=O)CCC(=O)NC(CCO)c2ccccc2)cc1C. The summed E-state index contributed by atoms with van der Waals surface area (Å²) in [7, 11) is 0. The van der Waals surface area contributed by atoms with Crippen molar-refractivity contribution in [1.29, 1.82) is 0 Å². The summed E-state index contributed by atoms with van der Waals surface area (Å²) in [5, 5.41) is 12.1. The number of Topliss-reactive ketones (excluding diaryl/α,β-unsaturated/α-hetero) is 1. The predicted octanol–water partition coefficient (Wildman–Crippen LogP) is 3.51. The lowest BCUT2D eigenvalue weighted by atomic mass is 10.0. The summed E-state index contributed by atoms with van der Waals surface area (Å²) < 4.78 is 0. The number of amides is 1. The third-order valence-corrected chi connectivity index (χ3v) is 4.36. The van der Waals surface area contributed by atoms with Crippen molar-refractivity contribution in [2.45, 2.75) is 39.2 Å². The number of hydrogen-bond donors (Lipinski definition) is 2. The highest BCUT2D eigenvalue weighted by Crippen LogP contribution is 2.17. The second-order valence-corrected chi connectivity index (χ2v) is 6.27. The fourth-order valence-corrected chi connectivity index (χ4v) is 2.69. The normalized spacial score (nSPS) is 11.8. The first kappa shape index (κ1) is 18.9. The van der Waals surface area contributed by atoms with Crippen LogP contribution in [-0.4, -0.2) is 23.4 Å². The number of nitrogens with one attached hydrogen (secondary N) is 1. The van der Waals surface area contributed by atoms with Gasteiger partial charge in [-0.2, -0.15) is 0 Å². The van der Waals surface area contributed by atoms with Gasteiger partial charge in [0, 0.05) is 25.0 Å². The van der Waals surface area contributed by atoms with Crippen LogP contribution in [0.15, 0.2) is 48.5 Å². The Morgan fingerprint density at radius 1 is 1.00 bits per heavy atom. The Hall–Kier alpha value is -2.46. The summed E-state index contributed by atoms with van der Waals surface area (Å²) in [6.07, 6.45) is 0.760. The van der Waals surface area contributed by atoms with Crippen LogP contribution in [0, 0.1) is 13.8 Å². The molecular weight excluding hydrogens is 314 g/mol. The Labute approximate surface area is 148 Å². The number of aliphatic hydroxyl groups excluding tert-OH is 1. The summed E-state index contributed by atoms with van der Waals surface area (Å²) in [6.45, 7) is 3.96. The van der Waals surface area contributed by atoms with Crippen molar-refractivity contribution in [2.75, 3.05) is 6.61 Å². The lowest BCUT2D eigenvalue weighted by Gasteiger charge is -2.18. The molecule has 0 heterocycles. The number of benzene rings is 2. The minimum absolute atomic E-state index is 0.0125. The van der Waals surface area contributed by atoms with E-state index in [4.69, 9.17) is 0 Å². The van der Waals surface area contributed by atoms with Gasteiger partial charge in [-0.25, -0.2) is 0 Å². The van der Waals surface area contributed by atoms with Crippen LogP contribution in [0.4, 0.5) is 0 Å². The van der Waals surface area contributed by atoms with Gasteiger partial charge in [0.2, 0.25) is 5.91 Å². The van der Waals surface area contributed by atoms with Crippen molar-refractivity contribution in [3.8, 4) is 0 Å². The average Bonchev–Trinajstić information content (AvgIpc) is 2.62. The van der Waals surface area contributed by atoms with Crippen LogP contribution in [0.2, 0.25) is 0 Å². The molecule has 2 aromatic rings. The molecule has 1 amide bonds. The third-order valence-electron chi connectivity index (χ3n) is 4.36. The Morgan fingerprint density at radius 3 is 2.36 bits per heavy atom. The molecule has 0 aliphatic carbocycles. The lowest BCUT2D eigenvalue weighted by Crippen LogP contribution is -2.29. The van der Waals surface area contributed by atoms with E-state index >= 15 is 0 Å². The van der Waals surface area contributed by atoms with E-state index in [1.54, 1.807) is 6.07 Å². The number of hydrogen-bond acceptors (Lipinski definition) is 3. The lowest BCUT2D eigenvalue weighted by molar-refractivity contribution is -0.121. The minimum atomic E-state index is -0.240. The average molecular weight is 339 g/mol. The van der Waals surface area contributed by atoms with Gasteiger partial charge in [-0.05, 0) is 43.0 Å². The molecule has 0 radical (unpaired) electrons. The maximum absolute atomic E-state index is 12.3. The summed E-state index contributed by atoms with van der Waals surface area (Å²) >= 11 is 0. The molecule has 0 bridgehead atoms. The monoisotopic (exact) mass is 339 g/mol. The fourth-order valence-electron chi connectivity index (χ4n) is 2.69. The molecule has 0 saturated heterocycles. The minimum Gasteiger partial charge on any atom is -0.396 e. The molecule has 0 saturated carbocycles. The van der Waals surface area contributed by atoms with Crippen LogP contribution in [0.1, 0.15) is 52.4 Å². The second-order valence-electron chi connectivity index (χ2n) is 6.27. The Bertz CT molecular complexity index is 725. The molecule has 2 rings (SSSR count). The smallest absolute Gasteiger partial charge is 0.220 e. The first-order valence-corrected chi connectivity index (χ1v) is 8.57. The van der Waals surface area contributed by atoms with Crippen molar-refractivity contribution in [1.82, 2.24) is 5.32 Å². The zero-order valence-electron chi connectivity index (χ0n) is 14.8. The topological polar surface area (TPSA) is 66.4 Å². The second kappa shape index (κ2) is 9.14. The largest absolute Gasteiger partial charge is 0.396 e. The van der Waals surface area contributed by atoms with E-state index in [2.05, 4.69) is 5.32 Å². The number of carbonyl (C=O) groups is 2. The van der Waals surface area contributed by atoms with E-state index in [1.165, 1.54) is 0 Å². The summed E-state index contributed by atoms with van der Waals surface area (Å²) in [6, 6.07) is 14.9. The zero-order chi connectivity index (χ0) is 18.2. The van der Waals surface area contributed by atoms with Gasteiger partial charge < -0.3 is 10.4 Å². The van der Waals surface area contributed by atoms with Gasteiger partial charge in [0.15, 0.2) is 5.78 Å². The Balaban J connectivity index is 1.92. The number of rotatable bonds is 8. The standard InChI is InChI=1S/C21H25NO3/c1-15-8-9-18(14-16(15)2)20(24)10-11-21(25)22-19(12-13-23)17-6-4-3-5-7-17/h3-9,14,19,23H,10-13H2,1-2H3,(H,22,25). The van der Waals surface area contributed by atoms with Crippen molar-refractivity contribution >= 4 is 11.7 Å². The van der Waals surface area contributed by atoms with Gasteiger partial charge in [0.05, 0.1) is 6.04 Å². The van der Waals surface area contributed by atoms with E-state index in [9.17, 15) is 14.7 Å². The fraction of sp³-hybridized carbons (Fsp3) is 0.333. The first-order valence-electron chi connectivity index (χ1n) is 8.57. The van der Waals surface area contributed by atoms with Crippen LogP contribution in [0.5, 0.6) is 0 Å². The van der Waals surface area contributed by atoms with E-state index in [-0.39, 0.29) is 37.2 Å². The van der Waals surface area contributed by atoms with E-state index in [0.29, 0.717) is 12.0 Å². The van der Waals surface area contributed by atoms with Gasteiger partial charge in [-0.3, -0.25) is 9.59 Å². The Kier molecular flexibility index (Phi) is 6.90. The molecular formula is C21H25NO3. The molecule has 2 N–H and O–H groups in total. The summed E-state index contributed by atoms with van der Waals surface area (Å²) in [4.78, 5) is 24.5. The molecule has 0 aliphatic heterocycles. The molecule has 0 aromatic heterocycles. The van der Waals surface area contributed by atoms with Crippen LogP contribution < -0.4 is 5.32 Å². The van der Waals surface area contributed by atoms with Crippen LogP contribution in [0.25, 0.3) is 0 Å². The van der Waals surface area contributed by atoms with Crippen molar-refractivity contribution < 1.29 is 14.7 Å². The molecule has 132 valence electrons. The highest BCUT2D eigenvalue weighted by Gasteiger charge is 2.15. The van der Waals surface area contributed by atoms with E-state index in [1.807, 2.05) is 56.3 Å². The van der Waals surface area contributed by atoms with Crippen LogP contribution >= 0.6 is 0 Å². The molecule has 2 aromatic carbocycles. The highest BCUT2D eigenvalue weighted by atomic mass is 16.3. The Morgan fingerprint density at radius 2 is 1.72 bits per heavy atom. The molecule has 25 heavy (non-hydrogen) atoms. The molecule has 4 heteroatoms. The summed E-state index contributed by atoms with van der Waals surface area (Å²) in [5.41, 5.74) is 3.81. The van der Waals surface area contributed by atoms with Gasteiger partial charge in [-0.1, -0.05) is 42.5 Å². The summed E-state index contributed by atoms with van der Waals surface area (Å²) in [5.74, 6) is -0.212. The maximum Gasteiger partial charge on any atom is 0.220 e. The maximum atomic E-state index is 12.3. The molecule has 1 atom stereocenters. The number of ketones is 1. The third kappa shape index (κ3) is 5.54. The van der Waals surface area contributed by atoms with Crippen molar-refractivity contribution in [2.24, 2.45) is 0 Å². The molecule has 1 unspecified atom stereocenters. The number of aliphatic hydroxyl groups is 1. The van der Waals surface area contributed by atoms with E-state index < -0.39 is 0 Å². The van der Waals surface area contributed by atoms with Crippen molar-refractivity contribution in [3.05, 3.63) is 70.8 Å². The predicted molar refractivity (Wildman–Crippen MR) is 98.5 cm³/mol. The molecule has 0 fully saturated rings. The zero-order valence-corrected chi connectivity index (χ0v) is 14.8. The van der Waals surface area contributed by atoms with Gasteiger partial charge in [0.1, 0.15) is 0 Å². The number of aryl methyl sites for hydroxylation is 2. The van der Waals surface area contributed by atoms with E-state index in [0.717, 1.165) is 16.7 Å². The molecule has 0 aliphatic rings.